The molecule has 0 aliphatic rings. The van der Waals surface area contributed by atoms with Crippen molar-refractivity contribution in [2.75, 3.05) is 0 Å². The van der Waals surface area contributed by atoms with Crippen molar-refractivity contribution in [3.8, 4) is 0 Å². The van der Waals surface area contributed by atoms with E-state index in [1.54, 1.807) is 0 Å². The molecule has 0 bridgehead atoms. The summed E-state index contributed by atoms with van der Waals surface area (Å²) in [6.45, 7) is 0. The molecule has 0 spiro atoms. The van der Waals surface area contributed by atoms with Crippen molar-refractivity contribution >= 4 is 61.2 Å². The van der Waals surface area contributed by atoms with Gasteiger partial charge in [-0.3, -0.25) is 0 Å². The molecule has 0 saturated heterocycles. The summed E-state index contributed by atoms with van der Waals surface area (Å²) in [6.07, 6.45) is -4.67. The number of carboxylic acid groups (broad SMARTS) is 4. The van der Waals surface area contributed by atoms with Crippen molar-refractivity contribution in [3.05, 3.63) is 0 Å². The summed E-state index contributed by atoms with van der Waals surface area (Å²) in [5, 5.41) is 33.3. The van der Waals surface area contributed by atoms with Crippen LogP contribution >= 0.6 is 0 Å². The van der Waals surface area contributed by atoms with Gasteiger partial charge in [-0.1, -0.05) is 0 Å². The molecule has 54 valence electrons. The van der Waals surface area contributed by atoms with E-state index in [1.165, 1.54) is 0 Å². The third kappa shape index (κ3) is 1260. The first-order chi connectivity index (χ1) is 3.46. The second kappa shape index (κ2) is 16.3. The fraction of sp³-hybridized carbons (Fsp3) is 0. The average Bonchev–Trinajstić information content (AvgIpc) is 1.25. The predicted molar refractivity (Wildman–Crippen MR) is 16.5 cm³/mol. The van der Waals surface area contributed by atoms with Crippen LogP contribution in [-0.4, -0.2) is 61.2 Å². The molecular formula is C2BaFeO6. The third-order valence-corrected chi connectivity index (χ3v) is 0. The Morgan fingerprint density at radius 1 is 0.800 bits per heavy atom. The van der Waals surface area contributed by atoms with Gasteiger partial charge in [0.1, 0.15) is 0 Å². The first-order valence-corrected chi connectivity index (χ1v) is 1.22. The predicted octanol–water partition coefficient (Wildman–Crippen LogP) is -5.28. The quantitative estimate of drug-likeness (QED) is 0.411. The van der Waals surface area contributed by atoms with Crippen LogP contribution in [0.1, 0.15) is 0 Å². The number of hydrogen-bond donors (Lipinski definition) is 0. The van der Waals surface area contributed by atoms with Gasteiger partial charge in [0.05, 0.1) is 0 Å². The monoisotopic (exact) mass is 314 g/mol. The average molecular weight is 313 g/mol. The molecule has 0 atom stereocenters. The molecule has 0 saturated carbocycles. The van der Waals surface area contributed by atoms with Crippen LogP contribution in [0.15, 0.2) is 0 Å². The molecule has 10 heavy (non-hydrogen) atoms. The first-order valence-electron chi connectivity index (χ1n) is 1.22. The first kappa shape index (κ1) is 22.4. The number of hydrogen-bond acceptors (Lipinski definition) is 6. The zero-order valence-corrected chi connectivity index (χ0v) is 10.1. The molecule has 0 aromatic carbocycles. The SMILES string of the molecule is O=C([O-])[O-].O=C([O-])[O-].[Ba+2].[Fe+2]. The molecule has 0 radical (unpaired) electrons. The van der Waals surface area contributed by atoms with Crippen molar-refractivity contribution in [2.45, 2.75) is 0 Å². The molecule has 0 rings (SSSR count). The van der Waals surface area contributed by atoms with Crippen LogP contribution in [-0.2, 0) is 17.1 Å². The van der Waals surface area contributed by atoms with E-state index in [0.29, 0.717) is 0 Å². The van der Waals surface area contributed by atoms with Crippen LogP contribution in [0.5, 0.6) is 0 Å². The van der Waals surface area contributed by atoms with Crippen molar-refractivity contribution < 1.29 is 47.1 Å². The molecule has 0 unspecified atom stereocenters. The van der Waals surface area contributed by atoms with Crippen LogP contribution < -0.4 is 20.4 Å². The van der Waals surface area contributed by atoms with Gasteiger partial charge in [0, 0.05) is 0 Å². The molecule has 0 aliphatic carbocycles. The largest absolute Gasteiger partial charge is 2.00 e. The van der Waals surface area contributed by atoms with Crippen molar-refractivity contribution in [1.82, 2.24) is 0 Å². The third-order valence-electron chi connectivity index (χ3n) is 0. The summed E-state index contributed by atoms with van der Waals surface area (Å²) in [7, 11) is 0. The van der Waals surface area contributed by atoms with Gasteiger partial charge in [-0.15, -0.1) is 0 Å². The van der Waals surface area contributed by atoms with E-state index in [-0.39, 0.29) is 65.9 Å². The van der Waals surface area contributed by atoms with E-state index in [9.17, 15) is 0 Å². The smallest absolute Gasteiger partial charge is 0.652 e. The Bertz CT molecular complexity index is 73.7. The van der Waals surface area contributed by atoms with E-state index in [0.717, 1.165) is 0 Å². The maximum atomic E-state index is 8.33. The summed E-state index contributed by atoms with van der Waals surface area (Å²) in [4.78, 5) is 16.7. The summed E-state index contributed by atoms with van der Waals surface area (Å²) in [5.41, 5.74) is 0. The molecule has 6 nitrogen and oxygen atoms in total. The van der Waals surface area contributed by atoms with E-state index in [1.807, 2.05) is 0 Å². The van der Waals surface area contributed by atoms with Crippen LogP contribution in [0.4, 0.5) is 9.59 Å². The molecule has 0 fully saturated rings. The Morgan fingerprint density at radius 3 is 0.800 bits per heavy atom. The van der Waals surface area contributed by atoms with Gasteiger partial charge in [-0.05, 0) is 12.3 Å². The minimum absolute atomic E-state index is 0. The van der Waals surface area contributed by atoms with Gasteiger partial charge < -0.3 is 30.0 Å². The van der Waals surface area contributed by atoms with Crippen LogP contribution in [0, 0.1) is 0 Å². The number of carbonyl (C=O) groups excluding carboxylic acids is 2. The topological polar surface area (TPSA) is 126 Å². The molecule has 0 N–H and O–H groups in total. The van der Waals surface area contributed by atoms with Crippen molar-refractivity contribution in [1.29, 1.82) is 0 Å². The Kier molecular flexibility index (Phi) is 36.6. The van der Waals surface area contributed by atoms with Gasteiger partial charge in [0.25, 0.3) is 0 Å². The molecule has 0 aromatic rings. The number of rotatable bonds is 0. The van der Waals surface area contributed by atoms with E-state index in [2.05, 4.69) is 0 Å². The summed E-state index contributed by atoms with van der Waals surface area (Å²) >= 11 is 0. The normalized spacial score (nSPS) is 4.80. The zero-order chi connectivity index (χ0) is 7.15. The summed E-state index contributed by atoms with van der Waals surface area (Å²) < 4.78 is 0. The summed E-state index contributed by atoms with van der Waals surface area (Å²) in [6, 6.07) is 0. The molecule has 8 heteroatoms. The van der Waals surface area contributed by atoms with Crippen LogP contribution in [0.25, 0.3) is 0 Å². The van der Waals surface area contributed by atoms with Crippen LogP contribution in [0.3, 0.4) is 0 Å². The molecular weight excluding hydrogens is 313 g/mol. The minimum atomic E-state index is -2.33. The Balaban J connectivity index is -0.0000000300. The van der Waals surface area contributed by atoms with Gasteiger partial charge in [-0.2, -0.15) is 0 Å². The molecule has 0 amide bonds. The van der Waals surface area contributed by atoms with Crippen LogP contribution in [0.2, 0.25) is 0 Å². The Morgan fingerprint density at radius 2 is 0.800 bits per heavy atom. The second-order valence-electron chi connectivity index (χ2n) is 0.500. The summed E-state index contributed by atoms with van der Waals surface area (Å²) in [5.74, 6) is 0. The van der Waals surface area contributed by atoms with E-state index >= 15 is 0 Å². The number of carbonyl (C=O) groups is 2. The molecule has 0 heterocycles. The van der Waals surface area contributed by atoms with Crippen molar-refractivity contribution in [3.63, 3.8) is 0 Å². The fourth-order valence-corrected chi connectivity index (χ4v) is 0. The van der Waals surface area contributed by atoms with Gasteiger partial charge >= 0.3 is 65.9 Å². The fourth-order valence-electron chi connectivity index (χ4n) is 0. The van der Waals surface area contributed by atoms with E-state index < -0.39 is 12.3 Å². The van der Waals surface area contributed by atoms with E-state index in [4.69, 9.17) is 30.0 Å². The Hall–Kier alpha value is 0.631. The molecule has 0 aliphatic heterocycles. The van der Waals surface area contributed by atoms with Gasteiger partial charge in [0.2, 0.25) is 0 Å². The minimum Gasteiger partial charge on any atom is -0.652 e. The van der Waals surface area contributed by atoms with Gasteiger partial charge in [0.15, 0.2) is 0 Å². The second-order valence-corrected chi connectivity index (χ2v) is 0.500. The van der Waals surface area contributed by atoms with Crippen molar-refractivity contribution in [2.24, 2.45) is 0 Å². The maximum absolute atomic E-state index is 8.33. The molecule has 0 aromatic heterocycles. The van der Waals surface area contributed by atoms with Gasteiger partial charge in [-0.25, -0.2) is 0 Å². The standard InChI is InChI=1S/2CH2O3.Ba.Fe/c2*2-1(3)4;;/h2*(H2,2,3,4);;/q;;2*+2/p-4. The Labute approximate surface area is 107 Å². The zero-order valence-electron chi connectivity index (χ0n) is 4.51. The maximum Gasteiger partial charge on any atom is 2.00 e.